The van der Waals surface area contributed by atoms with Crippen molar-refractivity contribution in [2.45, 2.75) is 36.9 Å². The lowest BCUT2D eigenvalue weighted by Gasteiger charge is -2.40. The maximum absolute atomic E-state index is 10.6. The average Bonchev–Trinajstić information content (AvgIpc) is 3.20. The van der Waals surface area contributed by atoms with Crippen LogP contribution in [0.5, 0.6) is 5.75 Å². The Morgan fingerprint density at radius 1 is 1.06 bits per heavy atom. The largest absolute Gasteiger partial charge is 0.496 e. The van der Waals surface area contributed by atoms with Gasteiger partial charge in [0.25, 0.3) is 0 Å². The highest BCUT2D eigenvalue weighted by molar-refractivity contribution is 7.19. The first kappa shape index (κ1) is 22.0. The summed E-state index contributed by atoms with van der Waals surface area (Å²) in [5.74, 6) is 0.690. The number of anilines is 1. The number of fused-ring (bicyclic) bond motifs is 1. The zero-order chi connectivity index (χ0) is 22.1. The number of nitrogens with one attached hydrogen (secondary N) is 1. The SMILES string of the molecule is CNc1cc(OC)c(Cc2cc3ccccc3s2)cc1[C@@H]1O[C@H](CO)[C@@H](O)[C@H](O)[C@H]1O. The molecule has 2 heterocycles. The molecular weight excluding hydrogens is 418 g/mol. The summed E-state index contributed by atoms with van der Waals surface area (Å²) in [6.45, 7) is -0.471. The van der Waals surface area contributed by atoms with Crippen LogP contribution in [0.15, 0.2) is 42.5 Å². The van der Waals surface area contributed by atoms with Crippen LogP contribution in [0.2, 0.25) is 0 Å². The highest BCUT2D eigenvalue weighted by Gasteiger charge is 2.44. The predicted octanol–water partition coefficient (Wildman–Crippen LogP) is 2.06. The normalized spacial score (nSPS) is 26.2. The van der Waals surface area contributed by atoms with Gasteiger partial charge in [-0.2, -0.15) is 0 Å². The summed E-state index contributed by atoms with van der Waals surface area (Å²) in [6.07, 6.45) is -5.46. The van der Waals surface area contributed by atoms with Gasteiger partial charge < -0.3 is 35.2 Å². The van der Waals surface area contributed by atoms with Crippen molar-refractivity contribution in [2.24, 2.45) is 0 Å². The van der Waals surface area contributed by atoms with Gasteiger partial charge in [0.2, 0.25) is 0 Å². The van der Waals surface area contributed by atoms with E-state index in [1.807, 2.05) is 24.3 Å². The topological polar surface area (TPSA) is 111 Å². The molecule has 8 heteroatoms. The molecule has 0 aliphatic carbocycles. The van der Waals surface area contributed by atoms with E-state index < -0.39 is 37.1 Å². The zero-order valence-corrected chi connectivity index (χ0v) is 18.2. The molecule has 5 N–H and O–H groups in total. The maximum Gasteiger partial charge on any atom is 0.124 e. The minimum atomic E-state index is -1.44. The van der Waals surface area contributed by atoms with Crippen LogP contribution in [-0.2, 0) is 11.2 Å². The van der Waals surface area contributed by atoms with E-state index in [9.17, 15) is 20.4 Å². The quantitative estimate of drug-likeness (QED) is 0.395. The third kappa shape index (κ3) is 4.15. The summed E-state index contributed by atoms with van der Waals surface area (Å²) in [5, 5.41) is 44.8. The second kappa shape index (κ2) is 9.12. The second-order valence-corrected chi connectivity index (χ2v) is 8.85. The Labute approximate surface area is 184 Å². The van der Waals surface area contributed by atoms with Gasteiger partial charge in [-0.15, -0.1) is 11.3 Å². The number of rotatable bonds is 6. The van der Waals surface area contributed by atoms with Crippen molar-refractivity contribution >= 4 is 27.1 Å². The van der Waals surface area contributed by atoms with Gasteiger partial charge in [-0.1, -0.05) is 18.2 Å². The van der Waals surface area contributed by atoms with Crippen LogP contribution >= 0.6 is 11.3 Å². The molecule has 1 aliphatic rings. The number of hydrogen-bond acceptors (Lipinski definition) is 8. The van der Waals surface area contributed by atoms with Crippen molar-refractivity contribution in [3.63, 3.8) is 0 Å². The van der Waals surface area contributed by atoms with Crippen molar-refractivity contribution in [1.82, 2.24) is 0 Å². The molecule has 4 rings (SSSR count). The molecule has 5 atom stereocenters. The van der Waals surface area contributed by atoms with Gasteiger partial charge in [0.15, 0.2) is 0 Å². The molecule has 0 bridgehead atoms. The van der Waals surface area contributed by atoms with Crippen LogP contribution < -0.4 is 10.1 Å². The second-order valence-electron chi connectivity index (χ2n) is 7.68. The first-order chi connectivity index (χ1) is 15.0. The Morgan fingerprint density at radius 3 is 2.52 bits per heavy atom. The molecule has 0 amide bonds. The molecule has 0 radical (unpaired) electrons. The van der Waals surface area contributed by atoms with Gasteiger partial charge in [0.1, 0.15) is 36.3 Å². The van der Waals surface area contributed by atoms with E-state index in [2.05, 4.69) is 23.5 Å². The minimum Gasteiger partial charge on any atom is -0.496 e. The van der Waals surface area contributed by atoms with Gasteiger partial charge in [0, 0.05) is 40.4 Å². The third-order valence-corrected chi connectivity index (χ3v) is 6.88. The van der Waals surface area contributed by atoms with Crippen LogP contribution in [-0.4, -0.2) is 65.6 Å². The van der Waals surface area contributed by atoms with Crippen molar-refractivity contribution in [1.29, 1.82) is 0 Å². The molecule has 1 aliphatic heterocycles. The lowest BCUT2D eigenvalue weighted by atomic mass is 9.89. The van der Waals surface area contributed by atoms with Crippen LogP contribution in [0, 0.1) is 0 Å². The number of methoxy groups -OCH3 is 1. The molecule has 0 saturated carbocycles. The summed E-state index contributed by atoms with van der Waals surface area (Å²) in [6, 6.07) is 14.1. The molecule has 7 nitrogen and oxygen atoms in total. The smallest absolute Gasteiger partial charge is 0.124 e. The van der Waals surface area contributed by atoms with E-state index in [-0.39, 0.29) is 0 Å². The summed E-state index contributed by atoms with van der Waals surface area (Å²) in [7, 11) is 3.35. The Kier molecular flexibility index (Phi) is 6.47. The zero-order valence-electron chi connectivity index (χ0n) is 17.4. The molecule has 0 unspecified atom stereocenters. The van der Waals surface area contributed by atoms with Crippen LogP contribution in [0.4, 0.5) is 5.69 Å². The molecule has 1 saturated heterocycles. The predicted molar refractivity (Wildman–Crippen MR) is 120 cm³/mol. The number of ether oxygens (including phenoxy) is 2. The highest BCUT2D eigenvalue weighted by atomic mass is 32.1. The van der Waals surface area contributed by atoms with Crippen molar-refractivity contribution in [2.75, 3.05) is 26.1 Å². The minimum absolute atomic E-state index is 0.471. The lowest BCUT2D eigenvalue weighted by molar-refractivity contribution is -0.231. The fourth-order valence-electron chi connectivity index (χ4n) is 4.09. The van der Waals surface area contributed by atoms with Crippen LogP contribution in [0.3, 0.4) is 0 Å². The molecule has 31 heavy (non-hydrogen) atoms. The number of aliphatic hydroxyl groups excluding tert-OH is 4. The Hall–Kier alpha value is -2.20. The Balaban J connectivity index is 1.74. The summed E-state index contributed by atoms with van der Waals surface area (Å²) < 4.78 is 12.6. The van der Waals surface area contributed by atoms with E-state index in [4.69, 9.17) is 9.47 Å². The van der Waals surface area contributed by atoms with Gasteiger partial charge >= 0.3 is 0 Å². The van der Waals surface area contributed by atoms with Crippen LogP contribution in [0.1, 0.15) is 22.1 Å². The summed E-state index contributed by atoms with van der Waals surface area (Å²) in [4.78, 5) is 1.16. The summed E-state index contributed by atoms with van der Waals surface area (Å²) in [5.41, 5.74) is 2.19. The van der Waals surface area contributed by atoms with Gasteiger partial charge in [-0.25, -0.2) is 0 Å². The fraction of sp³-hybridized carbons (Fsp3) is 0.391. The Bertz CT molecular complexity index is 1020. The standard InChI is InChI=1S/C23H27NO6S/c1-24-16-10-17(29-2)13(8-14-7-12-5-3-4-6-19(12)31-14)9-15(16)23-22(28)21(27)20(26)18(11-25)30-23/h3-7,9-10,18,20-28H,8,11H2,1-2H3/t18-,20-,21+,22-,23+/m1/s1. The molecule has 1 aromatic heterocycles. The number of aliphatic hydroxyl groups is 4. The summed E-state index contributed by atoms with van der Waals surface area (Å²) >= 11 is 1.71. The third-order valence-electron chi connectivity index (χ3n) is 5.76. The van der Waals surface area contributed by atoms with Gasteiger partial charge in [-0.3, -0.25) is 0 Å². The van der Waals surface area contributed by atoms with E-state index in [0.29, 0.717) is 23.4 Å². The number of hydrogen-bond donors (Lipinski definition) is 5. The van der Waals surface area contributed by atoms with Gasteiger partial charge in [-0.05, 0) is 29.1 Å². The van der Waals surface area contributed by atoms with Crippen molar-refractivity contribution in [3.8, 4) is 5.75 Å². The first-order valence-electron chi connectivity index (χ1n) is 10.1. The number of thiophene rings is 1. The molecular formula is C23H27NO6S. The highest BCUT2D eigenvalue weighted by Crippen LogP contribution is 2.40. The number of benzene rings is 2. The van der Waals surface area contributed by atoms with E-state index in [1.165, 1.54) is 10.1 Å². The molecule has 3 aromatic rings. The van der Waals surface area contributed by atoms with Crippen molar-refractivity contribution in [3.05, 3.63) is 58.5 Å². The van der Waals surface area contributed by atoms with Crippen molar-refractivity contribution < 1.29 is 29.9 Å². The van der Waals surface area contributed by atoms with Crippen LogP contribution in [0.25, 0.3) is 10.1 Å². The van der Waals surface area contributed by atoms with E-state index in [0.717, 1.165) is 10.4 Å². The molecule has 1 fully saturated rings. The fourth-order valence-corrected chi connectivity index (χ4v) is 5.18. The van der Waals surface area contributed by atoms with Gasteiger partial charge in [0.05, 0.1) is 13.7 Å². The van der Waals surface area contributed by atoms with E-state index >= 15 is 0 Å². The van der Waals surface area contributed by atoms with E-state index in [1.54, 1.807) is 25.5 Å². The first-order valence-corrected chi connectivity index (χ1v) is 10.9. The monoisotopic (exact) mass is 445 g/mol. The molecule has 0 spiro atoms. The average molecular weight is 446 g/mol. The Morgan fingerprint density at radius 2 is 1.84 bits per heavy atom. The molecule has 166 valence electrons. The maximum atomic E-state index is 10.6. The molecule has 2 aromatic carbocycles. The lowest BCUT2D eigenvalue weighted by Crippen LogP contribution is -2.55.